The Hall–Kier alpha value is -2.97. The first-order chi connectivity index (χ1) is 14.5. The number of methoxy groups -OCH3 is 1. The number of aromatic nitrogens is 3. The highest BCUT2D eigenvalue weighted by atomic mass is 35.5. The summed E-state index contributed by atoms with van der Waals surface area (Å²) in [6.45, 7) is 1.85. The zero-order valence-corrected chi connectivity index (χ0v) is 18.2. The molecule has 30 heavy (non-hydrogen) atoms. The molecule has 0 radical (unpaired) electrons. The Morgan fingerprint density at radius 3 is 2.70 bits per heavy atom. The number of amides is 1. The van der Waals surface area contributed by atoms with Gasteiger partial charge in [-0.05, 0) is 31.4 Å². The van der Waals surface area contributed by atoms with Gasteiger partial charge in [-0.15, -0.1) is 5.10 Å². The van der Waals surface area contributed by atoms with Gasteiger partial charge in [0.15, 0.2) is 0 Å². The number of benzene rings is 2. The van der Waals surface area contributed by atoms with E-state index in [1.807, 2.05) is 43.5 Å². The Kier molecular flexibility index (Phi) is 5.69. The number of thioether (sulfide) groups is 1. The molecule has 3 aromatic rings. The maximum atomic E-state index is 13.5. The molecule has 154 valence electrons. The van der Waals surface area contributed by atoms with E-state index in [-0.39, 0.29) is 5.91 Å². The van der Waals surface area contributed by atoms with E-state index in [4.69, 9.17) is 16.3 Å². The number of ether oxygens (including phenoxy) is 1. The normalized spacial score (nSPS) is 15.4. The molecule has 0 spiro atoms. The number of rotatable bonds is 5. The zero-order valence-electron chi connectivity index (χ0n) is 16.6. The number of hydrogen-bond donors (Lipinski definition) is 2. The van der Waals surface area contributed by atoms with E-state index in [1.54, 1.807) is 30.0 Å². The summed E-state index contributed by atoms with van der Waals surface area (Å²) in [5, 5.41) is 11.9. The molecule has 1 atom stereocenters. The molecule has 1 aromatic heterocycles. The van der Waals surface area contributed by atoms with Gasteiger partial charge in [0.05, 0.1) is 18.4 Å². The lowest BCUT2D eigenvalue weighted by Crippen LogP contribution is -2.31. The van der Waals surface area contributed by atoms with Crippen LogP contribution < -0.4 is 15.4 Å². The van der Waals surface area contributed by atoms with E-state index in [1.165, 1.54) is 11.8 Å². The van der Waals surface area contributed by atoms with Gasteiger partial charge in [-0.1, -0.05) is 53.7 Å². The molecule has 0 bridgehead atoms. The van der Waals surface area contributed by atoms with Crippen LogP contribution in [-0.2, 0) is 4.79 Å². The van der Waals surface area contributed by atoms with Gasteiger partial charge >= 0.3 is 0 Å². The molecule has 0 aliphatic carbocycles. The van der Waals surface area contributed by atoms with Gasteiger partial charge in [0.1, 0.15) is 11.8 Å². The molecule has 0 unspecified atom stereocenters. The lowest BCUT2D eigenvalue weighted by Gasteiger charge is -2.29. The number of carbonyl (C=O) groups excluding carboxylic acids is 1. The number of hydrogen-bond acceptors (Lipinski definition) is 6. The van der Waals surface area contributed by atoms with Crippen molar-refractivity contribution in [1.82, 2.24) is 14.8 Å². The molecule has 4 rings (SSSR count). The lowest BCUT2D eigenvalue weighted by atomic mass is 9.95. The average molecular weight is 442 g/mol. The van der Waals surface area contributed by atoms with Crippen molar-refractivity contribution in [2.45, 2.75) is 18.1 Å². The topological polar surface area (TPSA) is 81.1 Å². The maximum Gasteiger partial charge on any atom is 0.255 e. The number of halogens is 1. The first kappa shape index (κ1) is 20.3. The SMILES string of the molecule is COc1ccccc1NC(=O)C1=C(C)Nc2nc(SC)nn2[C@H]1c1ccccc1Cl. The third-order valence-electron chi connectivity index (χ3n) is 4.82. The molecule has 7 nitrogen and oxygen atoms in total. The summed E-state index contributed by atoms with van der Waals surface area (Å²) in [4.78, 5) is 18.0. The van der Waals surface area contributed by atoms with Gasteiger partial charge in [0.2, 0.25) is 11.1 Å². The van der Waals surface area contributed by atoms with Gasteiger partial charge in [-0.2, -0.15) is 4.98 Å². The molecular formula is C21H20ClN5O2S. The summed E-state index contributed by atoms with van der Waals surface area (Å²) in [5.74, 6) is 0.866. The van der Waals surface area contributed by atoms with Crippen LogP contribution in [0.5, 0.6) is 5.75 Å². The van der Waals surface area contributed by atoms with Crippen LogP contribution in [0.15, 0.2) is 65.0 Å². The molecule has 1 amide bonds. The molecule has 2 heterocycles. The summed E-state index contributed by atoms with van der Waals surface area (Å²) in [5.41, 5.74) is 2.53. The molecule has 2 N–H and O–H groups in total. The van der Waals surface area contributed by atoms with Crippen molar-refractivity contribution in [2.75, 3.05) is 24.0 Å². The minimum absolute atomic E-state index is 0.277. The second-order valence-corrected chi connectivity index (χ2v) is 7.79. The monoisotopic (exact) mass is 441 g/mol. The van der Waals surface area contributed by atoms with Crippen LogP contribution in [0.4, 0.5) is 11.6 Å². The summed E-state index contributed by atoms with van der Waals surface area (Å²) >= 11 is 7.96. The molecule has 9 heteroatoms. The number of para-hydroxylation sites is 2. The average Bonchev–Trinajstić information content (AvgIpc) is 3.16. The van der Waals surface area contributed by atoms with E-state index in [9.17, 15) is 4.79 Å². The minimum atomic E-state index is -0.530. The molecule has 2 aromatic carbocycles. The van der Waals surface area contributed by atoms with Crippen LogP contribution >= 0.6 is 23.4 Å². The molecule has 0 fully saturated rings. The van der Waals surface area contributed by atoms with Gasteiger partial charge in [0.25, 0.3) is 5.91 Å². The fourth-order valence-corrected chi connectivity index (χ4v) is 4.02. The maximum absolute atomic E-state index is 13.5. The Morgan fingerprint density at radius 1 is 1.23 bits per heavy atom. The van der Waals surface area contributed by atoms with E-state index in [2.05, 4.69) is 20.7 Å². The fraction of sp³-hybridized carbons (Fsp3) is 0.190. The molecule has 1 aliphatic rings. The van der Waals surface area contributed by atoms with E-state index in [0.29, 0.717) is 38.8 Å². The highest BCUT2D eigenvalue weighted by Crippen LogP contribution is 2.39. The van der Waals surface area contributed by atoms with Gasteiger partial charge in [0, 0.05) is 16.3 Å². The number of carbonyl (C=O) groups is 1. The Balaban J connectivity index is 1.81. The summed E-state index contributed by atoms with van der Waals surface area (Å²) in [6.07, 6.45) is 1.90. The fourth-order valence-electron chi connectivity index (χ4n) is 3.43. The van der Waals surface area contributed by atoms with Crippen molar-refractivity contribution in [3.63, 3.8) is 0 Å². The van der Waals surface area contributed by atoms with E-state index in [0.717, 1.165) is 5.56 Å². The van der Waals surface area contributed by atoms with E-state index >= 15 is 0 Å². The predicted octanol–water partition coefficient (Wildman–Crippen LogP) is 4.59. The number of nitrogens with one attached hydrogen (secondary N) is 2. The van der Waals surface area contributed by atoms with Crippen molar-refractivity contribution in [3.05, 3.63) is 70.4 Å². The number of allylic oxidation sites excluding steroid dienone is 1. The first-order valence-corrected chi connectivity index (χ1v) is 10.8. The van der Waals surface area contributed by atoms with Crippen molar-refractivity contribution < 1.29 is 9.53 Å². The third kappa shape index (κ3) is 3.64. The van der Waals surface area contributed by atoms with Crippen LogP contribution in [0.2, 0.25) is 5.02 Å². The standard InChI is InChI=1S/C21H20ClN5O2S/c1-12-17(19(28)24-15-10-6-7-11-16(15)29-2)18(13-8-4-5-9-14(13)22)27-20(23-12)25-21(26-27)30-3/h4-11,18H,1-3H3,(H,24,28)(H,23,25,26)/t18-/m0/s1. The number of fused-ring (bicyclic) bond motifs is 1. The first-order valence-electron chi connectivity index (χ1n) is 9.20. The smallest absolute Gasteiger partial charge is 0.255 e. The Morgan fingerprint density at radius 2 is 1.97 bits per heavy atom. The van der Waals surface area contributed by atoms with Crippen molar-refractivity contribution >= 4 is 40.9 Å². The molecular weight excluding hydrogens is 422 g/mol. The molecule has 0 saturated carbocycles. The summed E-state index contributed by atoms with van der Waals surface area (Å²) in [7, 11) is 1.57. The highest BCUT2D eigenvalue weighted by molar-refractivity contribution is 7.98. The number of anilines is 2. The van der Waals surface area contributed by atoms with Crippen LogP contribution in [0.3, 0.4) is 0 Å². The Labute approximate surface area is 183 Å². The van der Waals surface area contributed by atoms with Crippen molar-refractivity contribution in [2.24, 2.45) is 0 Å². The van der Waals surface area contributed by atoms with Gasteiger partial charge in [-0.3, -0.25) is 4.79 Å². The van der Waals surface area contributed by atoms with E-state index < -0.39 is 6.04 Å². The highest BCUT2D eigenvalue weighted by Gasteiger charge is 2.35. The van der Waals surface area contributed by atoms with Crippen LogP contribution in [0.1, 0.15) is 18.5 Å². The summed E-state index contributed by atoms with van der Waals surface area (Å²) < 4.78 is 7.07. The lowest BCUT2D eigenvalue weighted by molar-refractivity contribution is -0.113. The second-order valence-electron chi connectivity index (χ2n) is 6.61. The van der Waals surface area contributed by atoms with Crippen LogP contribution in [0, 0.1) is 0 Å². The van der Waals surface area contributed by atoms with Crippen molar-refractivity contribution in [1.29, 1.82) is 0 Å². The summed E-state index contributed by atoms with van der Waals surface area (Å²) in [6, 6.07) is 14.2. The molecule has 1 aliphatic heterocycles. The zero-order chi connectivity index (χ0) is 21.3. The van der Waals surface area contributed by atoms with Gasteiger partial charge < -0.3 is 15.4 Å². The molecule has 0 saturated heterocycles. The minimum Gasteiger partial charge on any atom is -0.495 e. The quantitative estimate of drug-likeness (QED) is 0.563. The van der Waals surface area contributed by atoms with Gasteiger partial charge in [-0.25, -0.2) is 4.68 Å². The second kappa shape index (κ2) is 8.41. The third-order valence-corrected chi connectivity index (χ3v) is 5.70. The van der Waals surface area contributed by atoms with Crippen LogP contribution in [-0.4, -0.2) is 34.0 Å². The largest absolute Gasteiger partial charge is 0.495 e. The number of nitrogens with zero attached hydrogens (tertiary/aromatic N) is 3. The van der Waals surface area contributed by atoms with Crippen molar-refractivity contribution in [3.8, 4) is 5.75 Å². The Bertz CT molecular complexity index is 1140. The predicted molar refractivity (Wildman–Crippen MR) is 119 cm³/mol. The van der Waals surface area contributed by atoms with Crippen LogP contribution in [0.25, 0.3) is 0 Å².